The van der Waals surface area contributed by atoms with Crippen LogP contribution in [0.15, 0.2) is 22.9 Å². The van der Waals surface area contributed by atoms with E-state index in [0.29, 0.717) is 5.92 Å². The Kier molecular flexibility index (Phi) is 3.51. The quantitative estimate of drug-likeness (QED) is 0.889. The molecule has 0 aliphatic rings. The lowest BCUT2D eigenvalue weighted by Gasteiger charge is -2.02. The van der Waals surface area contributed by atoms with Gasteiger partial charge in [-0.1, -0.05) is 13.0 Å². The smallest absolute Gasteiger partial charge is 0.0936 e. The lowest BCUT2D eigenvalue weighted by atomic mass is 10.1. The minimum Gasteiger partial charge on any atom is -0.396 e. The molecule has 0 spiro atoms. The van der Waals surface area contributed by atoms with Gasteiger partial charge in [0.15, 0.2) is 0 Å². The summed E-state index contributed by atoms with van der Waals surface area (Å²) in [7, 11) is 0. The van der Waals surface area contributed by atoms with E-state index in [1.807, 2.05) is 13.0 Å². The van der Waals surface area contributed by atoms with E-state index in [2.05, 4.69) is 21.8 Å². The molecule has 0 aliphatic heterocycles. The van der Waals surface area contributed by atoms with E-state index >= 15 is 0 Å². The van der Waals surface area contributed by atoms with Crippen LogP contribution in [0.3, 0.4) is 0 Å². The van der Waals surface area contributed by atoms with E-state index in [-0.39, 0.29) is 6.61 Å². The number of rotatable bonds is 4. The Labute approximate surface area is 97.2 Å². The largest absolute Gasteiger partial charge is 0.396 e. The number of aliphatic hydroxyl groups excluding tert-OH is 1. The fourth-order valence-corrected chi connectivity index (χ4v) is 3.02. The molecule has 1 unspecified atom stereocenters. The summed E-state index contributed by atoms with van der Waals surface area (Å²) in [5, 5.41) is 14.2. The monoisotopic (exact) mass is 239 g/mol. The van der Waals surface area contributed by atoms with E-state index in [0.717, 1.165) is 17.1 Å². The third-order valence-corrected chi connectivity index (χ3v) is 3.92. The second-order valence-corrected chi connectivity index (χ2v) is 5.49. The molecule has 0 bridgehead atoms. The van der Waals surface area contributed by atoms with Crippen LogP contribution in [0.1, 0.15) is 11.9 Å². The zero-order chi connectivity index (χ0) is 10.7. The third kappa shape index (κ3) is 2.65. The summed E-state index contributed by atoms with van der Waals surface area (Å²) in [5.74, 6) is 0.298. The van der Waals surface area contributed by atoms with Gasteiger partial charge in [0.1, 0.15) is 0 Å². The van der Waals surface area contributed by atoms with Gasteiger partial charge in [0, 0.05) is 18.4 Å². The van der Waals surface area contributed by atoms with Crippen molar-refractivity contribution in [2.75, 3.05) is 6.61 Å². The minimum atomic E-state index is 0.230. The second kappa shape index (κ2) is 4.88. The number of aliphatic hydroxyl groups is 1. The molecule has 2 aromatic heterocycles. The van der Waals surface area contributed by atoms with Crippen molar-refractivity contribution in [2.24, 2.45) is 5.92 Å². The van der Waals surface area contributed by atoms with Crippen LogP contribution in [0.25, 0.3) is 10.6 Å². The Morgan fingerprint density at radius 2 is 2.33 bits per heavy atom. The zero-order valence-electron chi connectivity index (χ0n) is 8.51. The molecule has 0 saturated heterocycles. The average Bonchev–Trinajstić information content (AvgIpc) is 2.85. The zero-order valence-corrected chi connectivity index (χ0v) is 10.1. The highest BCUT2D eigenvalue weighted by molar-refractivity contribution is 7.14. The van der Waals surface area contributed by atoms with Crippen LogP contribution in [0, 0.1) is 5.92 Å². The standard InChI is InChI=1S/C11H13NOS2/c1-8(6-13)5-11-12-9(7-15-11)10-3-2-4-14-10/h2-4,7-8,13H,5-6H2,1H3. The Bertz CT molecular complexity index is 408. The topological polar surface area (TPSA) is 33.1 Å². The molecule has 0 amide bonds. The molecule has 15 heavy (non-hydrogen) atoms. The molecule has 1 atom stereocenters. The lowest BCUT2D eigenvalue weighted by Crippen LogP contribution is -2.03. The first-order valence-electron chi connectivity index (χ1n) is 4.88. The predicted molar refractivity (Wildman–Crippen MR) is 65.4 cm³/mol. The summed E-state index contributed by atoms with van der Waals surface area (Å²) in [4.78, 5) is 5.78. The maximum atomic E-state index is 8.97. The highest BCUT2D eigenvalue weighted by Gasteiger charge is 2.08. The van der Waals surface area contributed by atoms with Crippen molar-refractivity contribution in [1.29, 1.82) is 0 Å². The van der Waals surface area contributed by atoms with Gasteiger partial charge in [0.2, 0.25) is 0 Å². The van der Waals surface area contributed by atoms with E-state index in [1.54, 1.807) is 22.7 Å². The maximum Gasteiger partial charge on any atom is 0.0936 e. The molecular formula is C11H13NOS2. The van der Waals surface area contributed by atoms with Gasteiger partial charge in [-0.05, 0) is 17.4 Å². The molecule has 0 aromatic carbocycles. The molecule has 4 heteroatoms. The van der Waals surface area contributed by atoms with Gasteiger partial charge in [-0.2, -0.15) is 0 Å². The van der Waals surface area contributed by atoms with Crippen LogP contribution in [0.2, 0.25) is 0 Å². The number of thiophene rings is 1. The molecule has 0 aliphatic carbocycles. The molecule has 1 N–H and O–H groups in total. The van der Waals surface area contributed by atoms with E-state index in [1.165, 1.54) is 4.88 Å². The number of aromatic nitrogens is 1. The Hall–Kier alpha value is -0.710. The number of thiazole rings is 1. The van der Waals surface area contributed by atoms with Gasteiger partial charge < -0.3 is 5.11 Å². The Balaban J connectivity index is 2.11. The van der Waals surface area contributed by atoms with Gasteiger partial charge in [0.25, 0.3) is 0 Å². The van der Waals surface area contributed by atoms with Crippen LogP contribution >= 0.6 is 22.7 Å². The summed E-state index contributed by atoms with van der Waals surface area (Å²) in [5.41, 5.74) is 1.06. The highest BCUT2D eigenvalue weighted by atomic mass is 32.1. The molecule has 80 valence electrons. The van der Waals surface area contributed by atoms with E-state index in [4.69, 9.17) is 5.11 Å². The fraction of sp³-hybridized carbons (Fsp3) is 0.364. The molecule has 2 heterocycles. The first-order chi connectivity index (χ1) is 7.29. The van der Waals surface area contributed by atoms with Crippen molar-refractivity contribution in [3.05, 3.63) is 27.9 Å². The summed E-state index contributed by atoms with van der Waals surface area (Å²) in [6.07, 6.45) is 0.868. The minimum absolute atomic E-state index is 0.230. The highest BCUT2D eigenvalue weighted by Crippen LogP contribution is 2.26. The fourth-order valence-electron chi connectivity index (χ4n) is 1.30. The summed E-state index contributed by atoms with van der Waals surface area (Å²) >= 11 is 3.38. The van der Waals surface area contributed by atoms with E-state index in [9.17, 15) is 0 Å². The summed E-state index contributed by atoms with van der Waals surface area (Å²) in [6, 6.07) is 4.12. The van der Waals surface area contributed by atoms with Crippen LogP contribution in [0.5, 0.6) is 0 Å². The van der Waals surface area contributed by atoms with Crippen molar-refractivity contribution in [3.63, 3.8) is 0 Å². The van der Waals surface area contributed by atoms with Crippen LogP contribution in [-0.4, -0.2) is 16.7 Å². The normalized spacial score (nSPS) is 12.9. The Morgan fingerprint density at radius 1 is 1.47 bits per heavy atom. The first kappa shape index (κ1) is 10.8. The molecule has 2 aromatic rings. The summed E-state index contributed by atoms with van der Waals surface area (Å²) < 4.78 is 0. The van der Waals surface area contributed by atoms with Gasteiger partial charge in [0.05, 0.1) is 15.6 Å². The van der Waals surface area contributed by atoms with Crippen molar-refractivity contribution < 1.29 is 5.11 Å². The first-order valence-corrected chi connectivity index (χ1v) is 6.64. The SMILES string of the molecule is CC(CO)Cc1nc(-c2cccs2)cs1. The van der Waals surface area contributed by atoms with Crippen molar-refractivity contribution in [2.45, 2.75) is 13.3 Å². The molecule has 0 radical (unpaired) electrons. The molecular weight excluding hydrogens is 226 g/mol. The van der Waals surface area contributed by atoms with Crippen LogP contribution < -0.4 is 0 Å². The number of hydrogen-bond donors (Lipinski definition) is 1. The predicted octanol–water partition coefficient (Wildman–Crippen LogP) is 3.04. The number of nitrogens with zero attached hydrogens (tertiary/aromatic N) is 1. The molecule has 2 rings (SSSR count). The lowest BCUT2D eigenvalue weighted by molar-refractivity contribution is 0.237. The Morgan fingerprint density at radius 3 is 3.00 bits per heavy atom. The van der Waals surface area contributed by atoms with Gasteiger partial charge >= 0.3 is 0 Å². The van der Waals surface area contributed by atoms with Gasteiger partial charge in [-0.15, -0.1) is 22.7 Å². The van der Waals surface area contributed by atoms with Crippen LogP contribution in [0.4, 0.5) is 0 Å². The third-order valence-electron chi connectivity index (χ3n) is 2.16. The average molecular weight is 239 g/mol. The number of hydrogen-bond acceptors (Lipinski definition) is 4. The van der Waals surface area contributed by atoms with Crippen molar-refractivity contribution in [1.82, 2.24) is 4.98 Å². The van der Waals surface area contributed by atoms with Gasteiger partial charge in [-0.3, -0.25) is 0 Å². The van der Waals surface area contributed by atoms with Crippen molar-refractivity contribution in [3.8, 4) is 10.6 Å². The van der Waals surface area contributed by atoms with Gasteiger partial charge in [-0.25, -0.2) is 4.98 Å². The second-order valence-electron chi connectivity index (χ2n) is 3.60. The molecule has 2 nitrogen and oxygen atoms in total. The maximum absolute atomic E-state index is 8.97. The van der Waals surface area contributed by atoms with Crippen LogP contribution in [-0.2, 0) is 6.42 Å². The summed E-state index contributed by atoms with van der Waals surface area (Å²) in [6.45, 7) is 2.26. The van der Waals surface area contributed by atoms with Crippen molar-refractivity contribution >= 4 is 22.7 Å². The molecule has 0 saturated carbocycles. The van der Waals surface area contributed by atoms with E-state index < -0.39 is 0 Å². The molecule has 0 fully saturated rings.